The summed E-state index contributed by atoms with van der Waals surface area (Å²) in [5.41, 5.74) is 0.105. The molecule has 0 saturated heterocycles. The van der Waals surface area contributed by atoms with Crippen molar-refractivity contribution in [3.05, 3.63) is 64.2 Å². The number of ketones is 2. The summed E-state index contributed by atoms with van der Waals surface area (Å²) in [5, 5.41) is 16.3. The number of fused-ring (bicyclic) bond motifs is 2. The van der Waals surface area contributed by atoms with Crippen molar-refractivity contribution in [1.29, 1.82) is 0 Å². The second kappa shape index (κ2) is 7.44. The molecule has 164 valence electrons. The second-order valence-electron chi connectivity index (χ2n) is 8.30. The number of benzene rings is 2. The quantitative estimate of drug-likeness (QED) is 0.481. The smallest absolute Gasteiger partial charge is 0.269 e. The van der Waals surface area contributed by atoms with Crippen LogP contribution in [0.25, 0.3) is 0 Å². The van der Waals surface area contributed by atoms with Crippen LogP contribution in [0, 0.1) is 15.5 Å². The number of para-hydroxylation sites is 1. The van der Waals surface area contributed by atoms with E-state index in [1.165, 1.54) is 30.8 Å². The fraction of sp³-hybridized carbons (Fsp3) is 0.348. The molecule has 3 aliphatic rings. The van der Waals surface area contributed by atoms with Crippen molar-refractivity contribution >= 4 is 39.7 Å². The average Bonchev–Trinajstić information content (AvgIpc) is 3.19. The van der Waals surface area contributed by atoms with Gasteiger partial charge in [0.15, 0.2) is 16.6 Å². The summed E-state index contributed by atoms with van der Waals surface area (Å²) in [7, 11) is 0. The molecule has 0 aromatic heterocycles. The lowest BCUT2D eigenvalue weighted by Gasteiger charge is -2.53. The topological polar surface area (TPSA) is 102 Å². The van der Waals surface area contributed by atoms with E-state index in [1.54, 1.807) is 35.3 Å². The molecule has 0 amide bonds. The Balaban J connectivity index is 1.72. The number of ether oxygens (including phenoxy) is 1. The molecular formula is C23H21N3O5S. The molecule has 0 bridgehead atoms. The number of rotatable bonds is 3. The fourth-order valence-electron chi connectivity index (χ4n) is 4.89. The van der Waals surface area contributed by atoms with E-state index in [2.05, 4.69) is 5.10 Å². The number of carbonyl (C=O) groups excluding carboxylic acids is 2. The van der Waals surface area contributed by atoms with Crippen LogP contribution in [-0.4, -0.2) is 26.6 Å². The summed E-state index contributed by atoms with van der Waals surface area (Å²) in [6, 6.07) is 13.1. The molecule has 1 aliphatic carbocycles. The largest absolute Gasteiger partial charge is 0.454 e. The fourth-order valence-corrected chi connectivity index (χ4v) is 6.28. The first-order chi connectivity index (χ1) is 15.4. The van der Waals surface area contributed by atoms with Gasteiger partial charge in [0.2, 0.25) is 0 Å². The average molecular weight is 452 g/mol. The lowest BCUT2D eigenvalue weighted by atomic mass is 9.66. The Hall–Kier alpha value is -3.20. The Labute approximate surface area is 188 Å². The number of Topliss-reactive ketones (excluding diaryl/α,β-unsaturated/α-hetero) is 2. The van der Waals surface area contributed by atoms with Crippen molar-refractivity contribution in [3.63, 3.8) is 0 Å². The highest BCUT2D eigenvalue weighted by atomic mass is 32.2. The van der Waals surface area contributed by atoms with E-state index in [4.69, 9.17) is 4.74 Å². The number of hydrogen-bond acceptors (Lipinski definition) is 8. The van der Waals surface area contributed by atoms with Crippen molar-refractivity contribution in [1.82, 2.24) is 0 Å². The van der Waals surface area contributed by atoms with Crippen LogP contribution in [0.3, 0.4) is 0 Å². The van der Waals surface area contributed by atoms with Gasteiger partial charge in [-0.2, -0.15) is 5.10 Å². The lowest BCUT2D eigenvalue weighted by molar-refractivity contribution is -0.384. The molecule has 2 aromatic rings. The van der Waals surface area contributed by atoms with Gasteiger partial charge in [-0.25, -0.2) is 5.01 Å². The van der Waals surface area contributed by atoms with E-state index in [-0.39, 0.29) is 22.3 Å². The molecule has 0 unspecified atom stereocenters. The van der Waals surface area contributed by atoms with Gasteiger partial charge < -0.3 is 4.74 Å². The zero-order chi connectivity index (χ0) is 22.5. The molecule has 2 aromatic carbocycles. The van der Waals surface area contributed by atoms with E-state index in [1.807, 2.05) is 6.07 Å². The number of anilines is 1. The van der Waals surface area contributed by atoms with Crippen molar-refractivity contribution < 1.29 is 19.2 Å². The van der Waals surface area contributed by atoms with Crippen LogP contribution < -0.4 is 9.75 Å². The molecule has 0 N–H and O–H groups in total. The molecule has 1 saturated carbocycles. The minimum atomic E-state index is -1.28. The van der Waals surface area contributed by atoms with Gasteiger partial charge in [0, 0.05) is 19.1 Å². The van der Waals surface area contributed by atoms with Crippen LogP contribution in [0.4, 0.5) is 11.4 Å². The van der Waals surface area contributed by atoms with Gasteiger partial charge in [-0.15, -0.1) is 0 Å². The van der Waals surface area contributed by atoms with Crippen LogP contribution in [0.5, 0.6) is 5.75 Å². The zero-order valence-corrected chi connectivity index (χ0v) is 18.3. The maximum atomic E-state index is 14.0. The van der Waals surface area contributed by atoms with Gasteiger partial charge in [-0.3, -0.25) is 19.7 Å². The monoisotopic (exact) mass is 451 g/mol. The number of thioether (sulfide) groups is 1. The first-order valence-electron chi connectivity index (χ1n) is 10.5. The van der Waals surface area contributed by atoms with E-state index >= 15 is 0 Å². The Bertz CT molecular complexity index is 1160. The van der Waals surface area contributed by atoms with E-state index < -0.39 is 15.4 Å². The number of non-ortho nitro benzene ring substituents is 1. The number of carbonyl (C=O) groups is 2. The van der Waals surface area contributed by atoms with Gasteiger partial charge >= 0.3 is 0 Å². The predicted molar refractivity (Wildman–Crippen MR) is 121 cm³/mol. The third kappa shape index (κ3) is 2.87. The number of hydrazone groups is 1. The summed E-state index contributed by atoms with van der Waals surface area (Å²) < 4.78 is 6.64. The molecule has 9 heteroatoms. The van der Waals surface area contributed by atoms with Crippen LogP contribution in [0.2, 0.25) is 0 Å². The number of hydrogen-bond donors (Lipinski definition) is 0. The Morgan fingerprint density at radius 2 is 1.81 bits per heavy atom. The van der Waals surface area contributed by atoms with E-state index in [0.717, 1.165) is 19.3 Å². The van der Waals surface area contributed by atoms with Crippen LogP contribution in [0.1, 0.15) is 49.4 Å². The predicted octanol–water partition coefficient (Wildman–Crippen LogP) is 4.93. The summed E-state index contributed by atoms with van der Waals surface area (Å²) in [5.74, 6) is 0.228. The minimum absolute atomic E-state index is 0.00142. The normalized spacial score (nSPS) is 23.6. The molecule has 1 fully saturated rings. The molecule has 2 aliphatic heterocycles. The van der Waals surface area contributed by atoms with Crippen molar-refractivity contribution in [2.75, 3.05) is 5.01 Å². The number of nitro benzene ring substituents is 1. The van der Waals surface area contributed by atoms with Crippen LogP contribution >= 0.6 is 11.8 Å². The summed E-state index contributed by atoms with van der Waals surface area (Å²) in [6.45, 7) is 1.44. The van der Waals surface area contributed by atoms with Gasteiger partial charge in [0.25, 0.3) is 10.7 Å². The Morgan fingerprint density at radius 1 is 1.12 bits per heavy atom. The van der Waals surface area contributed by atoms with E-state index in [0.29, 0.717) is 29.8 Å². The van der Waals surface area contributed by atoms with Gasteiger partial charge in [-0.05, 0) is 48.9 Å². The van der Waals surface area contributed by atoms with Gasteiger partial charge in [0.05, 0.1) is 16.2 Å². The SMILES string of the molecule is CC(=O)C1=NN(c2ccc([N+](=O)[O-])cc2)[C@@]2(Oc3ccccc3C(=O)C23CCCCC3)S1. The molecule has 5 rings (SSSR count). The van der Waals surface area contributed by atoms with Crippen molar-refractivity contribution in [2.24, 2.45) is 10.5 Å². The second-order valence-corrected chi connectivity index (χ2v) is 9.44. The van der Waals surface area contributed by atoms with Gasteiger partial charge in [0.1, 0.15) is 11.2 Å². The minimum Gasteiger partial charge on any atom is -0.454 e. The molecule has 2 heterocycles. The maximum Gasteiger partial charge on any atom is 0.269 e. The third-order valence-corrected chi connectivity index (χ3v) is 7.92. The zero-order valence-electron chi connectivity index (χ0n) is 17.4. The van der Waals surface area contributed by atoms with Crippen LogP contribution in [0.15, 0.2) is 53.6 Å². The van der Waals surface area contributed by atoms with Crippen molar-refractivity contribution in [2.45, 2.75) is 44.1 Å². The molecular weight excluding hydrogens is 430 g/mol. The van der Waals surface area contributed by atoms with Gasteiger partial charge in [-0.1, -0.05) is 31.4 Å². The molecule has 8 nitrogen and oxygen atoms in total. The molecule has 1 atom stereocenters. The standard InChI is InChI=1S/C23H21N3O5S/c1-15(27)21-24-25(16-9-11-17(12-10-16)26(29)30)23(32-21)22(13-5-2-6-14-22)20(28)18-7-3-4-8-19(18)31-23/h3-4,7-12H,2,5-6,13-14H2,1H3/t23-/m0/s1. The molecule has 0 radical (unpaired) electrons. The first-order valence-corrected chi connectivity index (χ1v) is 11.4. The third-order valence-electron chi connectivity index (χ3n) is 6.44. The highest BCUT2D eigenvalue weighted by Crippen LogP contribution is 2.61. The van der Waals surface area contributed by atoms with Crippen molar-refractivity contribution in [3.8, 4) is 5.75 Å². The Kier molecular flexibility index (Phi) is 4.81. The highest BCUT2D eigenvalue weighted by Gasteiger charge is 2.68. The highest BCUT2D eigenvalue weighted by molar-refractivity contribution is 8.17. The summed E-state index contributed by atoms with van der Waals surface area (Å²) >= 11 is 1.18. The van der Waals surface area contributed by atoms with Crippen LogP contribution in [-0.2, 0) is 4.79 Å². The van der Waals surface area contributed by atoms with E-state index in [9.17, 15) is 19.7 Å². The summed E-state index contributed by atoms with van der Waals surface area (Å²) in [4.78, 5) is 37.1. The Morgan fingerprint density at radius 3 is 2.47 bits per heavy atom. The number of nitro groups is 1. The molecule has 32 heavy (non-hydrogen) atoms. The number of nitrogens with zero attached hydrogens (tertiary/aromatic N) is 3. The molecule has 2 spiro atoms. The lowest BCUT2D eigenvalue weighted by Crippen LogP contribution is -2.64. The summed E-state index contributed by atoms with van der Waals surface area (Å²) in [6.07, 6.45) is 3.97. The first kappa shape index (κ1) is 20.7. The maximum absolute atomic E-state index is 14.0.